The summed E-state index contributed by atoms with van der Waals surface area (Å²) < 4.78 is 31.7. The molecule has 0 radical (unpaired) electrons. The molecule has 4 rings (SSSR count). The highest BCUT2D eigenvalue weighted by Crippen LogP contribution is 2.43. The number of fused-ring (bicyclic) bond motifs is 2. The number of rotatable bonds is 9. The van der Waals surface area contributed by atoms with Gasteiger partial charge in [0.05, 0.1) is 6.61 Å². The molecule has 0 aromatic heterocycles. The summed E-state index contributed by atoms with van der Waals surface area (Å²) in [6, 6.07) is 8.68. The smallest absolute Gasteiger partial charge is 0.475 e. The van der Waals surface area contributed by atoms with E-state index in [0.29, 0.717) is 42.6 Å². The molecule has 39 heavy (non-hydrogen) atoms. The number of hydrogen-bond acceptors (Lipinski definition) is 6. The molecule has 2 heterocycles. The van der Waals surface area contributed by atoms with Gasteiger partial charge < -0.3 is 26.0 Å². The van der Waals surface area contributed by atoms with Gasteiger partial charge in [0.15, 0.2) is 6.10 Å². The molecule has 1 aromatic rings. The molecule has 12 heteroatoms. The van der Waals surface area contributed by atoms with Crippen LogP contribution in [0.15, 0.2) is 24.3 Å². The molecule has 3 aliphatic rings. The molecule has 0 spiro atoms. The lowest BCUT2D eigenvalue weighted by Gasteiger charge is -2.40. The molecule has 1 aliphatic carbocycles. The van der Waals surface area contributed by atoms with Gasteiger partial charge in [-0.2, -0.15) is 13.2 Å². The number of carboxylic acid groups (broad SMARTS) is 1. The van der Waals surface area contributed by atoms with Crippen LogP contribution in [0.25, 0.3) is 0 Å². The quantitative estimate of drug-likeness (QED) is 0.365. The Kier molecular flexibility index (Phi) is 10.7. The van der Waals surface area contributed by atoms with Gasteiger partial charge in [0.2, 0.25) is 5.91 Å². The molecule has 2 bridgehead atoms. The minimum atomic E-state index is -5.08. The number of carbonyl (C=O) groups is 3. The van der Waals surface area contributed by atoms with Crippen LogP contribution in [0.1, 0.15) is 73.2 Å². The first-order chi connectivity index (χ1) is 18.4. The van der Waals surface area contributed by atoms with E-state index in [1.165, 1.54) is 18.4 Å². The molecule has 1 saturated carbocycles. The van der Waals surface area contributed by atoms with Crippen LogP contribution in [0.2, 0.25) is 0 Å². The van der Waals surface area contributed by atoms with Crippen LogP contribution < -0.4 is 5.73 Å². The Hall–Kier alpha value is -2.70. The molecular weight excluding hydrogens is 519 g/mol. The number of amides is 2. The molecule has 9 nitrogen and oxygen atoms in total. The van der Waals surface area contributed by atoms with Gasteiger partial charge in [-0.3, -0.25) is 14.5 Å². The van der Waals surface area contributed by atoms with Crippen molar-refractivity contribution < 1.29 is 42.9 Å². The molecule has 2 amide bonds. The summed E-state index contributed by atoms with van der Waals surface area (Å²) in [5.41, 5.74) is 7.24. The van der Waals surface area contributed by atoms with E-state index in [2.05, 4.69) is 11.0 Å². The molecule has 3 atom stereocenters. The minimum absolute atomic E-state index is 0.343. The van der Waals surface area contributed by atoms with Gasteiger partial charge in [-0.25, -0.2) is 4.79 Å². The lowest BCUT2D eigenvalue weighted by molar-refractivity contribution is -0.192. The number of aliphatic hydroxyl groups excluding tert-OH is 2. The van der Waals surface area contributed by atoms with E-state index >= 15 is 0 Å². The second-order valence-electron chi connectivity index (χ2n) is 10.7. The molecule has 5 N–H and O–H groups in total. The van der Waals surface area contributed by atoms with E-state index in [4.69, 9.17) is 15.6 Å². The monoisotopic (exact) mass is 557 g/mol. The predicted octanol–water partition coefficient (Wildman–Crippen LogP) is 2.50. The van der Waals surface area contributed by atoms with Gasteiger partial charge in [0, 0.05) is 37.3 Å². The van der Waals surface area contributed by atoms with Gasteiger partial charge in [-0.05, 0) is 68.1 Å². The summed E-state index contributed by atoms with van der Waals surface area (Å²) in [6.07, 6.45) is 2.71. The van der Waals surface area contributed by atoms with E-state index in [1.807, 2.05) is 12.1 Å². The van der Waals surface area contributed by atoms with Crippen molar-refractivity contribution in [3.8, 4) is 0 Å². The Morgan fingerprint density at radius 3 is 2.18 bits per heavy atom. The summed E-state index contributed by atoms with van der Waals surface area (Å²) in [5, 5.41) is 26.4. The van der Waals surface area contributed by atoms with Gasteiger partial charge >= 0.3 is 12.1 Å². The number of benzene rings is 1. The number of halogens is 3. The van der Waals surface area contributed by atoms with Crippen LogP contribution in [0, 0.1) is 5.92 Å². The van der Waals surface area contributed by atoms with Crippen LogP contribution in [-0.4, -0.2) is 93.5 Å². The zero-order chi connectivity index (χ0) is 28.7. The van der Waals surface area contributed by atoms with E-state index in [0.717, 1.165) is 45.1 Å². The number of piperidine rings is 1. The van der Waals surface area contributed by atoms with Crippen molar-refractivity contribution in [2.75, 3.05) is 26.2 Å². The molecule has 218 valence electrons. The third kappa shape index (κ3) is 8.39. The fraction of sp³-hybridized carbons (Fsp3) is 0.667. The van der Waals surface area contributed by atoms with Crippen LogP contribution in [0.4, 0.5) is 13.2 Å². The second kappa shape index (κ2) is 13.6. The van der Waals surface area contributed by atoms with Gasteiger partial charge in [-0.1, -0.05) is 25.0 Å². The Labute approximate surface area is 225 Å². The van der Waals surface area contributed by atoms with Crippen molar-refractivity contribution >= 4 is 17.8 Å². The lowest BCUT2D eigenvalue weighted by atomic mass is 9.84. The number of aliphatic hydroxyl groups is 2. The summed E-state index contributed by atoms with van der Waals surface area (Å²) >= 11 is 0. The summed E-state index contributed by atoms with van der Waals surface area (Å²) in [6.45, 7) is 1.56. The number of hydrogen-bond donors (Lipinski definition) is 4. The van der Waals surface area contributed by atoms with Crippen LogP contribution in [0.3, 0.4) is 0 Å². The van der Waals surface area contributed by atoms with Gasteiger partial charge in [-0.15, -0.1) is 0 Å². The topological polar surface area (TPSA) is 144 Å². The van der Waals surface area contributed by atoms with E-state index in [1.54, 1.807) is 11.0 Å². The maximum Gasteiger partial charge on any atom is 0.490 e. The maximum atomic E-state index is 12.7. The number of aliphatic carboxylic acids is 1. The average molecular weight is 558 g/mol. The third-order valence-electron chi connectivity index (χ3n) is 8.12. The number of nitrogens with two attached hydrogens (primary N) is 1. The Bertz CT molecular complexity index is 987. The molecule has 2 unspecified atom stereocenters. The molecule has 2 saturated heterocycles. The first-order valence-electron chi connectivity index (χ1n) is 13.4. The zero-order valence-corrected chi connectivity index (χ0v) is 21.9. The van der Waals surface area contributed by atoms with Crippen LogP contribution in [0.5, 0.6) is 0 Å². The lowest BCUT2D eigenvalue weighted by Crippen LogP contribution is -2.49. The normalized spacial score (nSPS) is 24.1. The molecule has 2 aliphatic heterocycles. The van der Waals surface area contributed by atoms with E-state index in [-0.39, 0.29) is 11.8 Å². The molecule has 3 fully saturated rings. The number of alkyl halides is 3. The second-order valence-corrected chi connectivity index (χ2v) is 10.7. The maximum absolute atomic E-state index is 12.7. The summed E-state index contributed by atoms with van der Waals surface area (Å²) in [5.74, 6) is -2.55. The van der Waals surface area contributed by atoms with Crippen molar-refractivity contribution in [2.45, 2.75) is 81.6 Å². The van der Waals surface area contributed by atoms with Gasteiger partial charge in [0.1, 0.15) is 0 Å². The van der Waals surface area contributed by atoms with Crippen molar-refractivity contribution in [1.29, 1.82) is 0 Å². The van der Waals surface area contributed by atoms with Gasteiger partial charge in [0.25, 0.3) is 5.91 Å². The first kappa shape index (κ1) is 30.8. The third-order valence-corrected chi connectivity index (χ3v) is 8.12. The van der Waals surface area contributed by atoms with E-state index in [9.17, 15) is 33.0 Å². The molecule has 1 aromatic carbocycles. The predicted molar refractivity (Wildman–Crippen MR) is 136 cm³/mol. The highest BCUT2D eigenvalue weighted by molar-refractivity contribution is 5.92. The van der Waals surface area contributed by atoms with E-state index < -0.39 is 24.9 Å². The Morgan fingerprint density at radius 1 is 1.08 bits per heavy atom. The van der Waals surface area contributed by atoms with Crippen LogP contribution >= 0.6 is 0 Å². The Morgan fingerprint density at radius 2 is 1.67 bits per heavy atom. The number of carboxylic acids is 1. The fourth-order valence-corrected chi connectivity index (χ4v) is 6.18. The Balaban J connectivity index is 0.000000532. The van der Waals surface area contributed by atoms with Crippen molar-refractivity contribution in [2.24, 2.45) is 11.7 Å². The minimum Gasteiger partial charge on any atom is -0.475 e. The number of carbonyl (C=O) groups excluding carboxylic acids is 2. The number of primary amides is 1. The van der Waals surface area contributed by atoms with Crippen molar-refractivity contribution in [3.05, 3.63) is 35.4 Å². The van der Waals surface area contributed by atoms with Crippen molar-refractivity contribution in [1.82, 2.24) is 9.80 Å². The summed E-state index contributed by atoms with van der Waals surface area (Å²) in [7, 11) is 0. The highest BCUT2D eigenvalue weighted by atomic mass is 19.4. The molecular formula is C27H38F3N3O6. The van der Waals surface area contributed by atoms with Crippen LogP contribution in [-0.2, 0) is 9.59 Å². The SMILES string of the molecule is NC(=O)c1cccc(C2CC3CCC(C2)N3CCN(CC2CCCC2)C(=O)[C@H](O)CO)c1.O=C(O)C(F)(F)F. The average Bonchev–Trinajstić information content (AvgIpc) is 3.49. The van der Waals surface area contributed by atoms with Crippen molar-refractivity contribution in [3.63, 3.8) is 0 Å². The zero-order valence-electron chi connectivity index (χ0n) is 21.9. The first-order valence-corrected chi connectivity index (χ1v) is 13.4. The number of nitrogens with zero attached hydrogens (tertiary/aromatic N) is 2. The fourth-order valence-electron chi connectivity index (χ4n) is 6.18. The summed E-state index contributed by atoms with van der Waals surface area (Å²) in [4.78, 5) is 37.5. The largest absolute Gasteiger partial charge is 0.490 e. The standard InChI is InChI=1S/C25H37N3O4.C2HF3O2/c26-24(31)19-7-3-6-18(12-19)20-13-21-8-9-22(14-20)28(21)11-10-27(25(32)23(30)16-29)15-17-4-1-2-5-17;3-2(4,5)1(6)7/h3,6-7,12,17,20-23,29-30H,1-2,4-5,8-11,13-16H2,(H2,26,31);(H,6,7)/t20?,21?,22?,23-;/m1./s1. The highest BCUT2D eigenvalue weighted by Gasteiger charge is 2.41.